The quantitative estimate of drug-likeness (QED) is 0.613. The fourth-order valence-electron chi connectivity index (χ4n) is 2.60. The van der Waals surface area contributed by atoms with E-state index >= 15 is 0 Å². The number of benzene rings is 1. The molecule has 1 atom stereocenters. The highest BCUT2D eigenvalue weighted by atomic mass is 32.2. The van der Waals surface area contributed by atoms with E-state index in [2.05, 4.69) is 0 Å². The maximum atomic E-state index is 11.5. The number of hydrogen-bond acceptors (Lipinski definition) is 5. The molecule has 0 aliphatic carbocycles. The molecule has 1 unspecified atom stereocenters. The molecule has 2 rings (SSSR count). The lowest BCUT2D eigenvalue weighted by atomic mass is 10.1. The summed E-state index contributed by atoms with van der Waals surface area (Å²) in [7, 11) is 0.578. The Bertz CT molecular complexity index is 643. The maximum Gasteiger partial charge on any atom is 0.151 e. The molecule has 1 saturated heterocycles. The molecule has 0 amide bonds. The van der Waals surface area contributed by atoms with Crippen molar-refractivity contribution >= 4 is 15.7 Å². The first kappa shape index (κ1) is 15.8. The number of nitrogens with one attached hydrogen (secondary N) is 1. The van der Waals surface area contributed by atoms with Crippen molar-refractivity contribution < 1.29 is 13.2 Å². The summed E-state index contributed by atoms with van der Waals surface area (Å²) in [5, 5.41) is 7.58. The molecule has 1 aliphatic rings. The van der Waals surface area contributed by atoms with Gasteiger partial charge in [-0.15, -0.1) is 0 Å². The molecule has 7 heteroatoms. The molecule has 3 N–H and O–H groups in total. The van der Waals surface area contributed by atoms with Gasteiger partial charge in [0.15, 0.2) is 9.84 Å². The van der Waals surface area contributed by atoms with Gasteiger partial charge in [-0.05, 0) is 31.2 Å². The number of hydrogen-bond donors (Lipinski definition) is 2. The Morgan fingerprint density at radius 1 is 1.52 bits per heavy atom. The monoisotopic (exact) mass is 311 g/mol. The van der Waals surface area contributed by atoms with Gasteiger partial charge in [-0.1, -0.05) is 6.07 Å². The second kappa shape index (κ2) is 6.03. The Balaban J connectivity index is 2.13. The second-order valence-corrected chi connectivity index (χ2v) is 7.65. The summed E-state index contributed by atoms with van der Waals surface area (Å²) >= 11 is 0. The molecule has 1 aromatic carbocycles. The van der Waals surface area contributed by atoms with E-state index in [0.29, 0.717) is 24.3 Å². The van der Waals surface area contributed by atoms with Crippen molar-refractivity contribution in [1.82, 2.24) is 4.90 Å². The highest BCUT2D eigenvalue weighted by Gasteiger charge is 2.30. The average Bonchev–Trinajstić information content (AvgIpc) is 2.79. The van der Waals surface area contributed by atoms with E-state index in [1.807, 2.05) is 24.1 Å². The van der Waals surface area contributed by atoms with Crippen LogP contribution in [0.15, 0.2) is 18.2 Å². The van der Waals surface area contributed by atoms with Gasteiger partial charge in [-0.3, -0.25) is 10.3 Å². The first-order chi connectivity index (χ1) is 9.82. The molecule has 0 aromatic heterocycles. The lowest BCUT2D eigenvalue weighted by molar-refractivity contribution is 0.254. The van der Waals surface area contributed by atoms with Gasteiger partial charge in [0, 0.05) is 12.6 Å². The minimum absolute atomic E-state index is 0.0419. The van der Waals surface area contributed by atoms with Crippen LogP contribution in [0, 0.1) is 5.41 Å². The van der Waals surface area contributed by atoms with Crippen LogP contribution in [0.3, 0.4) is 0 Å². The fourth-order valence-corrected chi connectivity index (χ4v) is 4.41. The summed E-state index contributed by atoms with van der Waals surface area (Å²) in [6.45, 7) is 0.616. The molecule has 0 bridgehead atoms. The zero-order chi connectivity index (χ0) is 15.6. The van der Waals surface area contributed by atoms with Gasteiger partial charge in [0.05, 0.1) is 24.2 Å². The average molecular weight is 311 g/mol. The van der Waals surface area contributed by atoms with Crippen molar-refractivity contribution in [2.75, 3.05) is 25.7 Å². The molecule has 0 saturated carbocycles. The highest BCUT2D eigenvalue weighted by molar-refractivity contribution is 7.91. The Morgan fingerprint density at radius 3 is 2.76 bits per heavy atom. The van der Waals surface area contributed by atoms with E-state index in [9.17, 15) is 8.42 Å². The Kier molecular flexibility index (Phi) is 4.53. The van der Waals surface area contributed by atoms with Crippen LogP contribution < -0.4 is 10.5 Å². The van der Waals surface area contributed by atoms with E-state index in [4.69, 9.17) is 15.9 Å². The third-order valence-corrected chi connectivity index (χ3v) is 5.57. The SMILES string of the molecule is COc1ccc(CN(C)C2CCS(=O)(=O)C2)cc1C(=N)N. The van der Waals surface area contributed by atoms with Gasteiger partial charge in [0.25, 0.3) is 0 Å². The summed E-state index contributed by atoms with van der Waals surface area (Å²) in [6, 6.07) is 5.57. The molecule has 21 heavy (non-hydrogen) atoms. The van der Waals surface area contributed by atoms with Crippen LogP contribution in [-0.2, 0) is 16.4 Å². The number of amidine groups is 1. The van der Waals surface area contributed by atoms with Crippen LogP contribution in [0.1, 0.15) is 17.5 Å². The first-order valence-corrected chi connectivity index (χ1v) is 8.56. The van der Waals surface area contributed by atoms with E-state index in [1.54, 1.807) is 6.07 Å². The number of nitrogens with two attached hydrogens (primary N) is 1. The van der Waals surface area contributed by atoms with Crippen LogP contribution >= 0.6 is 0 Å². The van der Waals surface area contributed by atoms with Gasteiger partial charge in [0.1, 0.15) is 11.6 Å². The highest BCUT2D eigenvalue weighted by Crippen LogP contribution is 2.22. The van der Waals surface area contributed by atoms with E-state index in [0.717, 1.165) is 5.56 Å². The van der Waals surface area contributed by atoms with Crippen molar-refractivity contribution in [3.63, 3.8) is 0 Å². The summed E-state index contributed by atoms with van der Waals surface area (Å²) in [5.41, 5.74) is 7.10. The predicted octanol–water partition coefficient (Wildman–Crippen LogP) is 0.598. The molecular weight excluding hydrogens is 290 g/mol. The zero-order valence-electron chi connectivity index (χ0n) is 12.3. The van der Waals surface area contributed by atoms with Crippen molar-refractivity contribution in [3.05, 3.63) is 29.3 Å². The van der Waals surface area contributed by atoms with Crippen LogP contribution in [-0.4, -0.2) is 50.9 Å². The molecule has 6 nitrogen and oxygen atoms in total. The van der Waals surface area contributed by atoms with Crippen LogP contribution in [0.25, 0.3) is 0 Å². The minimum atomic E-state index is -2.88. The molecule has 116 valence electrons. The van der Waals surface area contributed by atoms with E-state index in [-0.39, 0.29) is 23.4 Å². The molecule has 1 fully saturated rings. The molecular formula is C14H21N3O3S. The van der Waals surface area contributed by atoms with Gasteiger partial charge in [-0.25, -0.2) is 8.42 Å². The Hall–Kier alpha value is -1.60. The first-order valence-electron chi connectivity index (χ1n) is 6.74. The maximum absolute atomic E-state index is 11.5. The Labute approximate surface area is 125 Å². The summed E-state index contributed by atoms with van der Waals surface area (Å²) in [6.07, 6.45) is 0.675. The van der Waals surface area contributed by atoms with Crippen molar-refractivity contribution in [2.45, 2.75) is 19.0 Å². The number of ether oxygens (including phenoxy) is 1. The van der Waals surface area contributed by atoms with Crippen LogP contribution in [0.4, 0.5) is 0 Å². The summed E-state index contributed by atoms with van der Waals surface area (Å²) < 4.78 is 28.3. The standard InChI is InChI=1S/C14H21N3O3S/c1-17(11-5-6-21(18,19)9-11)8-10-3-4-13(20-2)12(7-10)14(15)16/h3-4,7,11H,5-6,8-9H2,1-2H3,(H3,15,16). The number of nitrogens with zero attached hydrogens (tertiary/aromatic N) is 1. The normalized spacial score (nSPS) is 20.6. The van der Waals surface area contributed by atoms with E-state index in [1.165, 1.54) is 7.11 Å². The van der Waals surface area contributed by atoms with Crippen molar-refractivity contribution in [2.24, 2.45) is 5.73 Å². The van der Waals surface area contributed by atoms with Gasteiger partial charge >= 0.3 is 0 Å². The second-order valence-electron chi connectivity index (χ2n) is 5.42. The zero-order valence-corrected chi connectivity index (χ0v) is 13.1. The smallest absolute Gasteiger partial charge is 0.151 e. The van der Waals surface area contributed by atoms with Crippen LogP contribution in [0.2, 0.25) is 0 Å². The minimum Gasteiger partial charge on any atom is -0.496 e. The van der Waals surface area contributed by atoms with Gasteiger partial charge in [0.2, 0.25) is 0 Å². The largest absolute Gasteiger partial charge is 0.496 e. The van der Waals surface area contributed by atoms with Gasteiger partial charge < -0.3 is 10.5 Å². The number of sulfone groups is 1. The third kappa shape index (κ3) is 3.74. The summed E-state index contributed by atoms with van der Waals surface area (Å²) in [5.74, 6) is 1.01. The third-order valence-electron chi connectivity index (χ3n) is 3.82. The van der Waals surface area contributed by atoms with Crippen molar-refractivity contribution in [3.8, 4) is 5.75 Å². The van der Waals surface area contributed by atoms with Crippen molar-refractivity contribution in [1.29, 1.82) is 5.41 Å². The lowest BCUT2D eigenvalue weighted by Gasteiger charge is -2.23. The number of nitrogen functional groups attached to an aromatic ring is 1. The molecule has 1 aliphatic heterocycles. The number of rotatable bonds is 5. The fraction of sp³-hybridized carbons (Fsp3) is 0.500. The molecule has 0 radical (unpaired) electrons. The molecule has 0 spiro atoms. The Morgan fingerprint density at radius 2 is 2.24 bits per heavy atom. The summed E-state index contributed by atoms with van der Waals surface area (Å²) in [4.78, 5) is 2.04. The van der Waals surface area contributed by atoms with E-state index < -0.39 is 9.84 Å². The van der Waals surface area contributed by atoms with Gasteiger partial charge in [-0.2, -0.15) is 0 Å². The number of methoxy groups -OCH3 is 1. The molecule has 1 heterocycles. The molecule has 1 aromatic rings. The topological polar surface area (TPSA) is 96.5 Å². The lowest BCUT2D eigenvalue weighted by Crippen LogP contribution is -2.32. The predicted molar refractivity (Wildman–Crippen MR) is 82.5 cm³/mol. The van der Waals surface area contributed by atoms with Crippen LogP contribution in [0.5, 0.6) is 5.75 Å².